The average molecular weight is 750 g/mol. The molecule has 0 amide bonds. The number of nitrogens with zero attached hydrogens (tertiary/aromatic N) is 3. The molecule has 10 nitrogen and oxygen atoms in total. The van der Waals surface area contributed by atoms with E-state index in [0.717, 1.165) is 41.5 Å². The first kappa shape index (κ1) is 36.2. The molecule has 4 aromatic carbocycles. The highest BCUT2D eigenvalue weighted by Gasteiger charge is 2.43. The van der Waals surface area contributed by atoms with Crippen molar-refractivity contribution >= 4 is 25.3 Å². The Balaban J connectivity index is 1.34. The maximum atomic E-state index is 15.0. The zero-order valence-corrected chi connectivity index (χ0v) is 32.1. The number of hydrogen-bond acceptors (Lipinski definition) is 7. The van der Waals surface area contributed by atoms with Gasteiger partial charge in [-0.05, 0) is 61.7 Å². The Morgan fingerprint density at radius 3 is 1.40 bits per heavy atom. The summed E-state index contributed by atoms with van der Waals surface area (Å²) in [6.07, 6.45) is 3.66. The van der Waals surface area contributed by atoms with Crippen LogP contribution in [0.5, 0.6) is 11.5 Å². The highest BCUT2D eigenvalue weighted by atomic mass is 31.2. The van der Waals surface area contributed by atoms with Gasteiger partial charge in [0.05, 0.1) is 28.5 Å². The fourth-order valence-corrected chi connectivity index (χ4v) is 12.0. The molecular formula is C41H41N3O7P2. The highest BCUT2D eigenvalue weighted by molar-refractivity contribution is 7.68. The number of allylic oxidation sites excluding steroid dienone is 4. The number of rotatable bonds is 9. The minimum Gasteiger partial charge on any atom is -0.439 e. The number of benzene rings is 4. The van der Waals surface area contributed by atoms with E-state index in [2.05, 4.69) is 0 Å². The largest absolute Gasteiger partial charge is 0.439 e. The van der Waals surface area contributed by atoms with Gasteiger partial charge in [-0.2, -0.15) is 0 Å². The average Bonchev–Trinajstić information content (AvgIpc) is 3.16. The van der Waals surface area contributed by atoms with Crippen molar-refractivity contribution in [3.05, 3.63) is 152 Å². The predicted molar refractivity (Wildman–Crippen MR) is 211 cm³/mol. The van der Waals surface area contributed by atoms with Gasteiger partial charge in [-0.25, -0.2) is 28.1 Å². The molecular weight excluding hydrogens is 708 g/mol. The van der Waals surface area contributed by atoms with Gasteiger partial charge in [0.1, 0.15) is 11.5 Å². The molecule has 53 heavy (non-hydrogen) atoms. The molecule has 0 bridgehead atoms. The Morgan fingerprint density at radius 2 is 0.981 bits per heavy atom. The van der Waals surface area contributed by atoms with Crippen LogP contribution >= 0.6 is 14.7 Å². The van der Waals surface area contributed by atoms with Crippen LogP contribution in [0, 0.1) is 0 Å². The summed E-state index contributed by atoms with van der Waals surface area (Å²) >= 11 is 0. The monoisotopic (exact) mass is 749 g/mol. The molecule has 1 aromatic heterocycles. The van der Waals surface area contributed by atoms with Gasteiger partial charge in [0.2, 0.25) is 0 Å². The SMILES string of the molecule is C/C=C(\C=C(C)C)Cn1c(=O)n(CC(C)P2(=O)Oc3ccccc3-c3ccccc32)c(=O)n(CC(C)P2(=O)Oc3ccccc3-c3ccccc32)c1=O. The van der Waals surface area contributed by atoms with Crippen molar-refractivity contribution in [2.75, 3.05) is 0 Å². The van der Waals surface area contributed by atoms with E-state index < -0.39 is 43.1 Å². The molecule has 0 radical (unpaired) electrons. The zero-order chi connectivity index (χ0) is 37.7. The first-order valence-electron chi connectivity index (χ1n) is 17.6. The van der Waals surface area contributed by atoms with Crippen LogP contribution in [0.15, 0.2) is 135 Å². The summed E-state index contributed by atoms with van der Waals surface area (Å²) in [6, 6.07) is 29.2. The van der Waals surface area contributed by atoms with E-state index in [1.54, 1.807) is 75.4 Å². The fraction of sp³-hybridized carbons (Fsp3) is 0.244. The van der Waals surface area contributed by atoms with Crippen LogP contribution in [0.25, 0.3) is 22.3 Å². The molecule has 0 aliphatic carbocycles. The van der Waals surface area contributed by atoms with Crippen LogP contribution in [0.4, 0.5) is 0 Å². The predicted octanol–water partition coefficient (Wildman–Crippen LogP) is 7.19. The van der Waals surface area contributed by atoms with Gasteiger partial charge < -0.3 is 9.05 Å². The number of hydrogen-bond donors (Lipinski definition) is 0. The molecule has 7 rings (SSSR count). The van der Waals surface area contributed by atoms with E-state index >= 15 is 0 Å². The lowest BCUT2D eigenvalue weighted by Crippen LogP contribution is -2.56. The topological polar surface area (TPSA) is 119 Å². The molecule has 0 saturated carbocycles. The fourth-order valence-electron chi connectivity index (χ4n) is 7.18. The van der Waals surface area contributed by atoms with Crippen molar-refractivity contribution in [1.29, 1.82) is 0 Å². The van der Waals surface area contributed by atoms with Crippen molar-refractivity contribution in [3.63, 3.8) is 0 Å². The molecule has 0 saturated heterocycles. The summed E-state index contributed by atoms with van der Waals surface area (Å²) in [5.74, 6) is 0.895. The van der Waals surface area contributed by atoms with Gasteiger partial charge in [0.15, 0.2) is 0 Å². The zero-order valence-electron chi connectivity index (χ0n) is 30.3. The third-order valence-corrected chi connectivity index (χ3v) is 15.6. The summed E-state index contributed by atoms with van der Waals surface area (Å²) in [4.78, 5) is 43.0. The Kier molecular flexibility index (Phi) is 9.56. The lowest BCUT2D eigenvalue weighted by atomic mass is 10.0. The van der Waals surface area contributed by atoms with Crippen molar-refractivity contribution in [2.45, 2.75) is 65.6 Å². The molecule has 272 valence electrons. The lowest BCUT2D eigenvalue weighted by molar-refractivity contribution is 0.425. The molecule has 5 aromatic rings. The summed E-state index contributed by atoms with van der Waals surface area (Å²) in [5, 5.41) is 0.987. The van der Waals surface area contributed by atoms with E-state index in [0.29, 0.717) is 27.7 Å². The van der Waals surface area contributed by atoms with E-state index in [9.17, 15) is 23.5 Å². The highest BCUT2D eigenvalue weighted by Crippen LogP contribution is 2.59. The smallest absolute Gasteiger partial charge is 0.336 e. The van der Waals surface area contributed by atoms with Crippen LogP contribution in [0.3, 0.4) is 0 Å². The maximum absolute atomic E-state index is 15.0. The van der Waals surface area contributed by atoms with Crippen LogP contribution < -0.4 is 36.7 Å². The molecule has 4 atom stereocenters. The third kappa shape index (κ3) is 6.24. The Morgan fingerprint density at radius 1 is 0.604 bits per heavy atom. The summed E-state index contributed by atoms with van der Waals surface area (Å²) in [7, 11) is -7.47. The van der Waals surface area contributed by atoms with Crippen LogP contribution in [-0.4, -0.2) is 25.0 Å². The first-order valence-corrected chi connectivity index (χ1v) is 21.0. The Hall–Kier alpha value is -5.17. The first-order chi connectivity index (χ1) is 25.4. The van der Waals surface area contributed by atoms with Gasteiger partial charge in [0, 0.05) is 24.2 Å². The molecule has 0 N–H and O–H groups in total. The van der Waals surface area contributed by atoms with E-state index in [4.69, 9.17) is 9.05 Å². The Labute approximate surface area is 307 Å². The molecule has 0 spiro atoms. The quantitative estimate of drug-likeness (QED) is 0.116. The van der Waals surface area contributed by atoms with Crippen LogP contribution in [0.1, 0.15) is 34.6 Å². The van der Waals surface area contributed by atoms with E-state index in [-0.39, 0.29) is 19.6 Å². The van der Waals surface area contributed by atoms with Crippen LogP contribution in [0.2, 0.25) is 0 Å². The molecule has 12 heteroatoms. The third-order valence-electron chi connectivity index (χ3n) is 9.93. The summed E-state index contributed by atoms with van der Waals surface area (Å²) in [5.41, 5.74) is 0.459. The van der Waals surface area contributed by atoms with Gasteiger partial charge >= 0.3 is 17.1 Å². The second kappa shape index (κ2) is 14.0. The molecule has 3 heterocycles. The van der Waals surface area contributed by atoms with Crippen molar-refractivity contribution in [1.82, 2.24) is 13.7 Å². The maximum Gasteiger partial charge on any atom is 0.336 e. The van der Waals surface area contributed by atoms with Gasteiger partial charge in [-0.3, -0.25) is 9.13 Å². The van der Waals surface area contributed by atoms with Gasteiger partial charge in [-0.1, -0.05) is 104 Å². The molecule has 4 unspecified atom stereocenters. The minimum absolute atomic E-state index is 0.114. The number of fused-ring (bicyclic) bond motifs is 6. The van der Waals surface area contributed by atoms with Gasteiger partial charge in [-0.15, -0.1) is 0 Å². The summed E-state index contributed by atoms with van der Waals surface area (Å²) < 4.78 is 45.5. The molecule has 0 fully saturated rings. The second-order valence-corrected chi connectivity index (χ2v) is 19.3. The minimum atomic E-state index is -3.73. The van der Waals surface area contributed by atoms with Crippen molar-refractivity contribution in [2.24, 2.45) is 0 Å². The number of para-hydroxylation sites is 2. The Bertz CT molecular complexity index is 2450. The second-order valence-electron chi connectivity index (χ2n) is 13.8. The van der Waals surface area contributed by atoms with Crippen molar-refractivity contribution in [3.8, 4) is 33.8 Å². The van der Waals surface area contributed by atoms with Crippen molar-refractivity contribution < 1.29 is 18.2 Å². The standard InChI is InChI=1S/C41H41N3O7P2/c1-6-30(23-27(2)3)26-44-40(46)42(24-28(4)52(48)37-21-13-9-17-33(37)31-15-7-11-19-35(31)50-52)39(45)43(41(44)47)25-29(5)53(49)38-22-14-10-18-34(38)32-16-8-12-20-36(32)51-53/h6-23,28-29H,24-26H2,1-5H3/b30-6+. The number of aromatic nitrogens is 3. The molecule has 2 aliphatic rings. The van der Waals surface area contributed by atoms with E-state index in [1.165, 1.54) is 0 Å². The summed E-state index contributed by atoms with van der Waals surface area (Å²) in [6.45, 7) is 8.26. The lowest BCUT2D eigenvalue weighted by Gasteiger charge is -2.33. The van der Waals surface area contributed by atoms with Crippen LogP contribution in [-0.2, 0) is 28.8 Å². The van der Waals surface area contributed by atoms with Gasteiger partial charge in [0.25, 0.3) is 14.7 Å². The molecule has 2 aliphatic heterocycles. The van der Waals surface area contributed by atoms with E-state index in [1.807, 2.05) is 68.5 Å². The normalized spacial score (nSPS) is 19.7.